The van der Waals surface area contributed by atoms with Crippen LogP contribution in [0.3, 0.4) is 0 Å². The standard InChI is InChI=1S/C11H14N2O2/c1-3-4-5-12-10-7-9(11(14)15)6-8(2)13-10/h3,6-7H,1,4-5H2,2H3,(H,12,13)(H,14,15). The van der Waals surface area contributed by atoms with E-state index in [4.69, 9.17) is 5.11 Å². The molecule has 0 saturated carbocycles. The van der Waals surface area contributed by atoms with Gasteiger partial charge in [-0.05, 0) is 25.5 Å². The van der Waals surface area contributed by atoms with Gasteiger partial charge in [0.1, 0.15) is 5.82 Å². The van der Waals surface area contributed by atoms with Crippen molar-refractivity contribution in [2.45, 2.75) is 13.3 Å². The molecule has 1 aromatic rings. The van der Waals surface area contributed by atoms with Gasteiger partial charge in [-0.2, -0.15) is 0 Å². The van der Waals surface area contributed by atoms with Gasteiger partial charge < -0.3 is 10.4 Å². The Labute approximate surface area is 88.7 Å². The average molecular weight is 206 g/mol. The van der Waals surface area contributed by atoms with Crippen LogP contribution in [0.25, 0.3) is 0 Å². The van der Waals surface area contributed by atoms with E-state index in [0.717, 1.165) is 6.42 Å². The number of nitrogens with zero attached hydrogens (tertiary/aromatic N) is 1. The normalized spacial score (nSPS) is 9.67. The van der Waals surface area contributed by atoms with E-state index in [0.29, 0.717) is 18.1 Å². The van der Waals surface area contributed by atoms with Gasteiger partial charge in [0.25, 0.3) is 0 Å². The first-order valence-corrected chi connectivity index (χ1v) is 4.70. The van der Waals surface area contributed by atoms with Gasteiger partial charge in [0, 0.05) is 12.2 Å². The minimum atomic E-state index is -0.938. The molecule has 1 rings (SSSR count). The average Bonchev–Trinajstić information content (AvgIpc) is 2.17. The second-order valence-corrected chi connectivity index (χ2v) is 3.19. The van der Waals surface area contributed by atoms with Gasteiger partial charge in [-0.1, -0.05) is 6.08 Å². The molecule has 0 amide bonds. The van der Waals surface area contributed by atoms with Crippen LogP contribution in [-0.2, 0) is 0 Å². The van der Waals surface area contributed by atoms with Gasteiger partial charge in [-0.25, -0.2) is 9.78 Å². The van der Waals surface area contributed by atoms with E-state index in [-0.39, 0.29) is 5.56 Å². The molecule has 1 heterocycles. The molecule has 0 atom stereocenters. The van der Waals surface area contributed by atoms with Crippen LogP contribution in [-0.4, -0.2) is 22.6 Å². The van der Waals surface area contributed by atoms with E-state index >= 15 is 0 Å². The first-order chi connectivity index (χ1) is 7.13. The number of aryl methyl sites for hydroxylation is 1. The van der Waals surface area contributed by atoms with E-state index in [2.05, 4.69) is 16.9 Å². The van der Waals surface area contributed by atoms with E-state index in [1.165, 1.54) is 6.07 Å². The molecule has 0 aromatic carbocycles. The Kier molecular flexibility index (Phi) is 3.85. The lowest BCUT2D eigenvalue weighted by Crippen LogP contribution is -2.06. The van der Waals surface area contributed by atoms with Crippen LogP contribution in [0.1, 0.15) is 22.5 Å². The molecule has 0 saturated heterocycles. The van der Waals surface area contributed by atoms with Crippen molar-refractivity contribution in [3.63, 3.8) is 0 Å². The van der Waals surface area contributed by atoms with Gasteiger partial charge >= 0.3 is 5.97 Å². The molecule has 0 spiro atoms. The third-order valence-corrected chi connectivity index (χ3v) is 1.85. The SMILES string of the molecule is C=CCCNc1cc(C(=O)O)cc(C)n1. The smallest absolute Gasteiger partial charge is 0.335 e. The van der Waals surface area contributed by atoms with Gasteiger partial charge in [0.15, 0.2) is 0 Å². The fraction of sp³-hybridized carbons (Fsp3) is 0.273. The Hall–Kier alpha value is -1.84. The van der Waals surface area contributed by atoms with Crippen LogP contribution in [0.15, 0.2) is 24.8 Å². The highest BCUT2D eigenvalue weighted by Crippen LogP contribution is 2.10. The number of hydrogen-bond acceptors (Lipinski definition) is 3. The molecule has 15 heavy (non-hydrogen) atoms. The molecule has 1 aromatic heterocycles. The molecule has 4 heteroatoms. The highest BCUT2D eigenvalue weighted by Gasteiger charge is 2.05. The number of rotatable bonds is 5. The van der Waals surface area contributed by atoms with Crippen molar-refractivity contribution in [1.82, 2.24) is 4.98 Å². The Balaban J connectivity index is 2.79. The Morgan fingerprint density at radius 2 is 2.40 bits per heavy atom. The van der Waals surface area contributed by atoms with Crippen LogP contribution >= 0.6 is 0 Å². The summed E-state index contributed by atoms with van der Waals surface area (Å²) in [5, 5.41) is 11.9. The lowest BCUT2D eigenvalue weighted by molar-refractivity contribution is 0.0696. The van der Waals surface area contributed by atoms with E-state index in [1.54, 1.807) is 19.1 Å². The van der Waals surface area contributed by atoms with Gasteiger partial charge in [0.2, 0.25) is 0 Å². The second kappa shape index (κ2) is 5.14. The number of nitrogens with one attached hydrogen (secondary N) is 1. The van der Waals surface area contributed by atoms with E-state index in [1.807, 2.05) is 0 Å². The van der Waals surface area contributed by atoms with E-state index < -0.39 is 5.97 Å². The number of pyridine rings is 1. The maximum atomic E-state index is 10.8. The topological polar surface area (TPSA) is 62.2 Å². The fourth-order valence-corrected chi connectivity index (χ4v) is 1.18. The van der Waals surface area contributed by atoms with Crippen molar-refractivity contribution < 1.29 is 9.90 Å². The minimum absolute atomic E-state index is 0.253. The summed E-state index contributed by atoms with van der Waals surface area (Å²) >= 11 is 0. The molecule has 4 nitrogen and oxygen atoms in total. The van der Waals surface area contributed by atoms with Crippen LogP contribution < -0.4 is 5.32 Å². The van der Waals surface area contributed by atoms with Gasteiger partial charge in [0.05, 0.1) is 5.56 Å². The van der Waals surface area contributed by atoms with Gasteiger partial charge in [-0.3, -0.25) is 0 Å². The van der Waals surface area contributed by atoms with Crippen molar-refractivity contribution in [1.29, 1.82) is 0 Å². The van der Waals surface area contributed by atoms with Crippen LogP contribution in [0.4, 0.5) is 5.82 Å². The third-order valence-electron chi connectivity index (χ3n) is 1.85. The number of aromatic nitrogens is 1. The van der Waals surface area contributed by atoms with Crippen molar-refractivity contribution in [3.05, 3.63) is 36.0 Å². The number of aromatic carboxylic acids is 1. The summed E-state index contributed by atoms with van der Waals surface area (Å²) in [6, 6.07) is 3.07. The van der Waals surface area contributed by atoms with Crippen molar-refractivity contribution in [2.24, 2.45) is 0 Å². The summed E-state index contributed by atoms with van der Waals surface area (Å²) in [6.45, 7) is 6.08. The number of carbonyl (C=O) groups is 1. The lowest BCUT2D eigenvalue weighted by atomic mass is 10.2. The summed E-state index contributed by atoms with van der Waals surface area (Å²) in [7, 11) is 0. The molecule has 0 aliphatic heterocycles. The monoisotopic (exact) mass is 206 g/mol. The largest absolute Gasteiger partial charge is 0.478 e. The number of carboxylic acids is 1. The van der Waals surface area contributed by atoms with Crippen LogP contribution in [0, 0.1) is 6.92 Å². The highest BCUT2D eigenvalue weighted by molar-refractivity contribution is 5.88. The Bertz CT molecular complexity index is 375. The predicted octanol–water partition coefficient (Wildman–Crippen LogP) is 2.08. The zero-order valence-corrected chi connectivity index (χ0v) is 8.66. The molecular weight excluding hydrogens is 192 g/mol. The van der Waals surface area contributed by atoms with Crippen LogP contribution in [0.5, 0.6) is 0 Å². The van der Waals surface area contributed by atoms with Crippen LogP contribution in [0.2, 0.25) is 0 Å². The number of anilines is 1. The number of hydrogen-bond donors (Lipinski definition) is 2. The Morgan fingerprint density at radius 3 is 3.00 bits per heavy atom. The molecule has 0 unspecified atom stereocenters. The zero-order chi connectivity index (χ0) is 11.3. The quantitative estimate of drug-likeness (QED) is 0.572. The van der Waals surface area contributed by atoms with Crippen molar-refractivity contribution in [2.75, 3.05) is 11.9 Å². The molecule has 0 aliphatic carbocycles. The fourth-order valence-electron chi connectivity index (χ4n) is 1.18. The van der Waals surface area contributed by atoms with Crippen molar-refractivity contribution >= 4 is 11.8 Å². The summed E-state index contributed by atoms with van der Waals surface area (Å²) in [4.78, 5) is 14.9. The first kappa shape index (κ1) is 11.2. The summed E-state index contributed by atoms with van der Waals surface area (Å²) < 4.78 is 0. The minimum Gasteiger partial charge on any atom is -0.478 e. The second-order valence-electron chi connectivity index (χ2n) is 3.19. The molecule has 80 valence electrons. The third kappa shape index (κ3) is 3.42. The first-order valence-electron chi connectivity index (χ1n) is 4.70. The molecule has 2 N–H and O–H groups in total. The summed E-state index contributed by atoms with van der Waals surface area (Å²) in [5.41, 5.74) is 0.944. The molecule has 0 radical (unpaired) electrons. The molecule has 0 bridgehead atoms. The maximum absolute atomic E-state index is 10.8. The van der Waals surface area contributed by atoms with Gasteiger partial charge in [-0.15, -0.1) is 6.58 Å². The number of carboxylic acid groups (broad SMARTS) is 1. The molecule has 0 fully saturated rings. The summed E-state index contributed by atoms with van der Waals surface area (Å²) in [5.74, 6) is -0.346. The zero-order valence-electron chi connectivity index (χ0n) is 8.66. The highest BCUT2D eigenvalue weighted by atomic mass is 16.4. The summed E-state index contributed by atoms with van der Waals surface area (Å²) in [6.07, 6.45) is 2.61. The maximum Gasteiger partial charge on any atom is 0.335 e. The lowest BCUT2D eigenvalue weighted by Gasteiger charge is -2.06. The van der Waals surface area contributed by atoms with E-state index in [9.17, 15) is 4.79 Å². The Morgan fingerprint density at radius 1 is 1.67 bits per heavy atom. The predicted molar refractivity (Wildman–Crippen MR) is 59.2 cm³/mol. The molecule has 0 aliphatic rings. The van der Waals surface area contributed by atoms with Crippen molar-refractivity contribution in [3.8, 4) is 0 Å². The molecular formula is C11H14N2O2.